The van der Waals surface area contributed by atoms with E-state index in [9.17, 15) is 19.8 Å². The van der Waals surface area contributed by atoms with Gasteiger partial charge in [-0.25, -0.2) is 4.79 Å². The summed E-state index contributed by atoms with van der Waals surface area (Å²) in [6.45, 7) is 8.23. The molecule has 288 valence electrons. The highest BCUT2D eigenvalue weighted by molar-refractivity contribution is 5.94. The van der Waals surface area contributed by atoms with Crippen molar-refractivity contribution in [3.05, 3.63) is 82.9 Å². The van der Waals surface area contributed by atoms with Gasteiger partial charge in [-0.2, -0.15) is 0 Å². The maximum Gasteiger partial charge on any atom is 0.338 e. The summed E-state index contributed by atoms with van der Waals surface area (Å²) in [5.41, 5.74) is -4.24. The van der Waals surface area contributed by atoms with Crippen molar-refractivity contribution in [1.82, 2.24) is 0 Å². The molecule has 1 heterocycles. The summed E-state index contributed by atoms with van der Waals surface area (Å²) in [5, 5.41) is 25.2. The van der Waals surface area contributed by atoms with Crippen molar-refractivity contribution in [3.8, 4) is 0 Å². The van der Waals surface area contributed by atoms with Crippen LogP contribution in [0.5, 0.6) is 0 Å². The van der Waals surface area contributed by atoms with Gasteiger partial charge in [-0.15, -0.1) is 0 Å². The first-order valence-corrected chi connectivity index (χ1v) is 18.1. The molecule has 2 saturated carbocycles. The van der Waals surface area contributed by atoms with Crippen molar-refractivity contribution in [2.45, 2.75) is 108 Å². The van der Waals surface area contributed by atoms with Crippen LogP contribution in [0.2, 0.25) is 0 Å². The molecule has 1 saturated heterocycles. The van der Waals surface area contributed by atoms with Crippen LogP contribution in [0.15, 0.2) is 71.8 Å². The third-order valence-electron chi connectivity index (χ3n) is 12.6. The van der Waals surface area contributed by atoms with Gasteiger partial charge >= 0.3 is 11.9 Å². The van der Waals surface area contributed by atoms with E-state index < -0.39 is 88.6 Å². The number of methoxy groups -OCH3 is 3. The zero-order chi connectivity index (χ0) is 38.5. The van der Waals surface area contributed by atoms with Gasteiger partial charge in [-0.3, -0.25) is 9.59 Å². The van der Waals surface area contributed by atoms with Crippen molar-refractivity contribution in [1.29, 1.82) is 0 Å². The summed E-state index contributed by atoms with van der Waals surface area (Å²) in [7, 11) is 4.39. The van der Waals surface area contributed by atoms with Gasteiger partial charge in [0.25, 0.3) is 0 Å². The molecule has 12 nitrogen and oxygen atoms in total. The van der Waals surface area contributed by atoms with Crippen LogP contribution in [0.1, 0.15) is 63.4 Å². The standard InChI is InChI=1S/C41H52O12/c1-23-28(51-37(45)27(47-6)19-25-15-11-9-12-16-25)21-41(46)35(52-36(44)26-17-13-10-14-18-26)33-39(5,34(43)32(49-8)31(23)38(41,3)4)29(48-7)20-30-40(33,22-50-30)53-24(2)42/h9-18,27-30,32-33,35,37,45-46H,19-22H2,1-8H3/t27-,28+,29+,30?,32-,33?,35+,37?,39-,40+,41-/m1/s1. The minimum Gasteiger partial charge on any atom is -0.455 e. The maximum atomic E-state index is 15.4. The number of hydrogen-bond acceptors (Lipinski definition) is 12. The third kappa shape index (κ3) is 6.26. The fourth-order valence-corrected chi connectivity index (χ4v) is 9.71. The Morgan fingerprint density at radius 1 is 0.981 bits per heavy atom. The van der Waals surface area contributed by atoms with Crippen LogP contribution in [-0.4, -0.2) is 110 Å². The molecule has 1 aliphatic heterocycles. The van der Waals surface area contributed by atoms with E-state index in [4.69, 9.17) is 33.2 Å². The summed E-state index contributed by atoms with van der Waals surface area (Å²) >= 11 is 0. The van der Waals surface area contributed by atoms with Gasteiger partial charge in [0.2, 0.25) is 0 Å². The fraction of sp³-hybridized carbons (Fsp3) is 0.585. The SMILES string of the molecule is CO[C@H]1C(=O)[C@@]2(C)C([C@H](OC(=O)c3ccccc3)[C@]3(O)C[C@H](OC(O)[C@@H](Cc4ccccc4)OC)C(C)=C1C3(C)C)[C@]1(OC(C)=O)COC1C[C@@H]2OC. The molecule has 2 bridgehead atoms. The van der Waals surface area contributed by atoms with Gasteiger partial charge in [0.15, 0.2) is 17.7 Å². The highest BCUT2D eigenvalue weighted by Crippen LogP contribution is 2.64. The Balaban J connectivity index is 1.56. The van der Waals surface area contributed by atoms with E-state index in [0.717, 1.165) is 5.56 Å². The Kier molecular flexibility index (Phi) is 10.8. The Morgan fingerprint density at radius 3 is 2.17 bits per heavy atom. The molecule has 4 aliphatic rings. The van der Waals surface area contributed by atoms with Gasteiger partial charge in [0.1, 0.15) is 30.0 Å². The number of ether oxygens (including phenoxy) is 7. The van der Waals surface area contributed by atoms with Crippen molar-refractivity contribution in [3.63, 3.8) is 0 Å². The summed E-state index contributed by atoms with van der Waals surface area (Å²) in [5.74, 6) is -2.96. The molecule has 2 N–H and O–H groups in total. The molecule has 11 atom stereocenters. The van der Waals surface area contributed by atoms with E-state index in [2.05, 4.69) is 0 Å². The number of carbonyl (C=O) groups is 3. The Morgan fingerprint density at radius 2 is 1.62 bits per heavy atom. The van der Waals surface area contributed by atoms with Crippen LogP contribution in [0.4, 0.5) is 0 Å². The third-order valence-corrected chi connectivity index (χ3v) is 12.6. The molecule has 6 rings (SSSR count). The molecular formula is C41H52O12. The van der Waals surface area contributed by atoms with Crippen LogP contribution >= 0.6 is 0 Å². The summed E-state index contributed by atoms with van der Waals surface area (Å²) < 4.78 is 43.0. The highest BCUT2D eigenvalue weighted by atomic mass is 16.6. The molecule has 3 unspecified atom stereocenters. The topological polar surface area (TPSA) is 156 Å². The molecule has 0 amide bonds. The van der Waals surface area contributed by atoms with Gasteiger partial charge in [0, 0.05) is 52.9 Å². The minimum absolute atomic E-state index is 0.107. The van der Waals surface area contributed by atoms with Gasteiger partial charge in [0.05, 0.1) is 35.7 Å². The van der Waals surface area contributed by atoms with E-state index in [1.165, 1.54) is 28.3 Å². The van der Waals surface area contributed by atoms with Crippen LogP contribution in [0.25, 0.3) is 0 Å². The monoisotopic (exact) mass is 736 g/mol. The number of Topliss-reactive ketones (excluding diaryl/α,β-unsaturated/α-hetero) is 1. The second kappa shape index (κ2) is 14.6. The molecule has 2 aromatic carbocycles. The predicted octanol–water partition coefficient (Wildman–Crippen LogP) is 3.99. The van der Waals surface area contributed by atoms with E-state index in [1.807, 2.05) is 30.3 Å². The van der Waals surface area contributed by atoms with Crippen LogP contribution in [0, 0.1) is 16.7 Å². The van der Waals surface area contributed by atoms with Crippen LogP contribution in [-0.2, 0) is 49.2 Å². The quantitative estimate of drug-likeness (QED) is 0.195. The molecule has 3 aliphatic carbocycles. The second-order valence-electron chi connectivity index (χ2n) is 15.6. The summed E-state index contributed by atoms with van der Waals surface area (Å²) in [4.78, 5) is 42.6. The molecule has 2 aromatic rings. The van der Waals surface area contributed by atoms with E-state index in [0.29, 0.717) is 17.6 Å². The van der Waals surface area contributed by atoms with E-state index >= 15 is 4.79 Å². The first-order chi connectivity index (χ1) is 25.1. The fourth-order valence-electron chi connectivity index (χ4n) is 9.71. The smallest absolute Gasteiger partial charge is 0.338 e. The molecule has 3 fully saturated rings. The first-order valence-electron chi connectivity index (χ1n) is 18.1. The predicted molar refractivity (Wildman–Crippen MR) is 191 cm³/mol. The van der Waals surface area contributed by atoms with Gasteiger partial charge < -0.3 is 43.4 Å². The summed E-state index contributed by atoms with van der Waals surface area (Å²) in [6.07, 6.45) is -7.20. The minimum atomic E-state index is -2.02. The first kappa shape index (κ1) is 39.2. The Labute approximate surface area is 310 Å². The number of esters is 2. The summed E-state index contributed by atoms with van der Waals surface area (Å²) in [6, 6.07) is 17.9. The molecule has 0 radical (unpaired) electrons. The molecular weight excluding hydrogens is 684 g/mol. The van der Waals surface area contributed by atoms with Crippen molar-refractivity contribution in [2.75, 3.05) is 27.9 Å². The van der Waals surface area contributed by atoms with Crippen molar-refractivity contribution in [2.24, 2.45) is 16.7 Å². The molecule has 0 spiro atoms. The van der Waals surface area contributed by atoms with E-state index in [-0.39, 0.29) is 25.0 Å². The number of ketones is 1. The maximum absolute atomic E-state index is 15.4. The average Bonchev–Trinajstić information content (AvgIpc) is 3.13. The lowest BCUT2D eigenvalue weighted by molar-refractivity contribution is -0.348. The lowest BCUT2D eigenvalue weighted by Crippen LogP contribution is -2.82. The number of aliphatic hydroxyl groups excluding tert-OH is 1. The van der Waals surface area contributed by atoms with E-state index in [1.54, 1.807) is 58.0 Å². The lowest BCUT2D eigenvalue weighted by Gasteiger charge is -2.68. The molecule has 0 aromatic heterocycles. The average molecular weight is 737 g/mol. The number of hydrogen-bond donors (Lipinski definition) is 2. The number of rotatable bonds is 11. The van der Waals surface area contributed by atoms with Crippen LogP contribution < -0.4 is 0 Å². The van der Waals surface area contributed by atoms with Crippen molar-refractivity contribution >= 4 is 17.7 Å². The normalized spacial score (nSPS) is 35.8. The van der Waals surface area contributed by atoms with Crippen molar-refractivity contribution < 1.29 is 57.8 Å². The molecule has 12 heteroatoms. The lowest BCUT2D eigenvalue weighted by atomic mass is 9.44. The van der Waals surface area contributed by atoms with Crippen LogP contribution in [0.3, 0.4) is 0 Å². The number of carbonyl (C=O) groups excluding carboxylic acids is 3. The van der Waals surface area contributed by atoms with Gasteiger partial charge in [-0.05, 0) is 42.7 Å². The number of aliphatic hydroxyl groups is 2. The second-order valence-corrected chi connectivity index (χ2v) is 15.6. The molecule has 53 heavy (non-hydrogen) atoms. The highest BCUT2D eigenvalue weighted by Gasteiger charge is 2.78. The Hall–Kier alpha value is -3.49. The zero-order valence-corrected chi connectivity index (χ0v) is 31.7. The Bertz CT molecular complexity index is 1710. The zero-order valence-electron chi connectivity index (χ0n) is 31.7. The largest absolute Gasteiger partial charge is 0.455 e. The number of benzene rings is 2. The van der Waals surface area contributed by atoms with Gasteiger partial charge in [-0.1, -0.05) is 62.4 Å². The number of fused-ring (bicyclic) bond motifs is 5.